The van der Waals surface area contributed by atoms with E-state index in [0.29, 0.717) is 12.8 Å². The molecule has 0 aromatic heterocycles. The van der Waals surface area contributed by atoms with Crippen LogP contribution in [0.25, 0.3) is 0 Å². The number of nitriles is 1. The molecular formula is C13H10ClF3N2O. The maximum absolute atomic E-state index is 12.7. The summed E-state index contributed by atoms with van der Waals surface area (Å²) in [5, 5.41) is 10.9. The highest BCUT2D eigenvalue weighted by molar-refractivity contribution is 6.31. The van der Waals surface area contributed by atoms with Crippen LogP contribution < -0.4 is 5.32 Å². The second kappa shape index (κ2) is 4.98. The molecule has 0 saturated heterocycles. The molecule has 2 rings (SSSR count). The van der Waals surface area contributed by atoms with Gasteiger partial charge in [-0.25, -0.2) is 0 Å². The monoisotopic (exact) mass is 302 g/mol. The van der Waals surface area contributed by atoms with Gasteiger partial charge < -0.3 is 5.32 Å². The molecule has 1 aromatic rings. The number of hydrogen-bond donors (Lipinski definition) is 1. The molecule has 0 atom stereocenters. The third-order valence-corrected chi connectivity index (χ3v) is 3.71. The van der Waals surface area contributed by atoms with Crippen LogP contribution in [-0.4, -0.2) is 5.91 Å². The quantitative estimate of drug-likeness (QED) is 0.898. The summed E-state index contributed by atoms with van der Waals surface area (Å²) in [5.41, 5.74) is -2.15. The summed E-state index contributed by atoms with van der Waals surface area (Å²) in [4.78, 5) is 11.9. The molecule has 1 saturated carbocycles. The molecule has 1 amide bonds. The van der Waals surface area contributed by atoms with Crippen LogP contribution in [0.1, 0.15) is 24.8 Å². The Hall–Kier alpha value is -1.74. The summed E-state index contributed by atoms with van der Waals surface area (Å²) in [6, 6.07) is 5.04. The van der Waals surface area contributed by atoms with Crippen molar-refractivity contribution in [3.05, 3.63) is 28.8 Å². The number of benzene rings is 1. The van der Waals surface area contributed by atoms with Crippen LogP contribution in [0.4, 0.5) is 18.9 Å². The maximum Gasteiger partial charge on any atom is 0.417 e. The SMILES string of the molecule is N#CC1(C(=O)Nc2ccc(Cl)c(C(F)(F)F)c2)CCC1. The Morgan fingerprint density at radius 1 is 1.40 bits per heavy atom. The number of carbonyl (C=O) groups is 1. The van der Waals surface area contributed by atoms with Crippen LogP contribution in [0.5, 0.6) is 0 Å². The van der Waals surface area contributed by atoms with E-state index in [4.69, 9.17) is 16.9 Å². The first kappa shape index (κ1) is 14.7. The van der Waals surface area contributed by atoms with Crippen molar-refractivity contribution in [1.29, 1.82) is 5.26 Å². The zero-order valence-electron chi connectivity index (χ0n) is 10.2. The number of anilines is 1. The van der Waals surface area contributed by atoms with Crippen molar-refractivity contribution in [2.75, 3.05) is 5.32 Å². The first-order chi connectivity index (χ1) is 9.28. The summed E-state index contributed by atoms with van der Waals surface area (Å²) in [5.74, 6) is -0.568. The van der Waals surface area contributed by atoms with E-state index in [9.17, 15) is 18.0 Å². The van der Waals surface area contributed by atoms with Crippen molar-refractivity contribution < 1.29 is 18.0 Å². The Bertz CT molecular complexity index is 588. The van der Waals surface area contributed by atoms with E-state index in [-0.39, 0.29) is 5.69 Å². The molecule has 106 valence electrons. The van der Waals surface area contributed by atoms with Gasteiger partial charge in [0, 0.05) is 5.69 Å². The number of alkyl halides is 3. The first-order valence-corrected chi connectivity index (χ1v) is 6.26. The second-order valence-electron chi connectivity index (χ2n) is 4.69. The van der Waals surface area contributed by atoms with E-state index in [1.165, 1.54) is 6.07 Å². The van der Waals surface area contributed by atoms with Gasteiger partial charge in [-0.15, -0.1) is 0 Å². The average Bonchev–Trinajstić information content (AvgIpc) is 2.29. The summed E-state index contributed by atoms with van der Waals surface area (Å²) in [7, 11) is 0. The smallest absolute Gasteiger partial charge is 0.325 e. The molecule has 1 aliphatic carbocycles. The van der Waals surface area contributed by atoms with Crippen LogP contribution >= 0.6 is 11.6 Å². The molecule has 0 bridgehead atoms. The standard InChI is InChI=1S/C13H10ClF3N2O/c14-10-3-2-8(6-9(10)13(15,16)17)19-11(20)12(7-18)4-1-5-12/h2-3,6H,1,4-5H2,(H,19,20). The minimum Gasteiger partial charge on any atom is -0.325 e. The van der Waals surface area contributed by atoms with Crippen LogP contribution in [0, 0.1) is 16.7 Å². The first-order valence-electron chi connectivity index (χ1n) is 5.88. The fraction of sp³-hybridized carbons (Fsp3) is 0.385. The lowest BCUT2D eigenvalue weighted by Gasteiger charge is -2.33. The van der Waals surface area contributed by atoms with Crippen molar-refractivity contribution in [2.45, 2.75) is 25.4 Å². The molecule has 1 N–H and O–H groups in total. The van der Waals surface area contributed by atoms with Crippen LogP contribution in [-0.2, 0) is 11.0 Å². The number of rotatable bonds is 2. The molecule has 7 heteroatoms. The number of amides is 1. The number of carbonyl (C=O) groups excluding carboxylic acids is 1. The molecule has 1 fully saturated rings. The van der Waals surface area contributed by atoms with Crippen LogP contribution in [0.3, 0.4) is 0 Å². The fourth-order valence-corrected chi connectivity index (χ4v) is 2.22. The van der Waals surface area contributed by atoms with Crippen molar-refractivity contribution in [3.63, 3.8) is 0 Å². The van der Waals surface area contributed by atoms with Gasteiger partial charge in [0.05, 0.1) is 16.7 Å². The van der Waals surface area contributed by atoms with Gasteiger partial charge in [0.2, 0.25) is 5.91 Å². The molecule has 1 aliphatic rings. The molecule has 20 heavy (non-hydrogen) atoms. The van der Waals surface area contributed by atoms with Gasteiger partial charge in [-0.2, -0.15) is 18.4 Å². The number of nitrogens with zero attached hydrogens (tertiary/aromatic N) is 1. The minimum absolute atomic E-state index is 0.0201. The molecule has 0 unspecified atom stereocenters. The highest BCUT2D eigenvalue weighted by atomic mass is 35.5. The lowest BCUT2D eigenvalue weighted by atomic mass is 9.69. The Morgan fingerprint density at radius 3 is 2.50 bits per heavy atom. The van der Waals surface area contributed by atoms with E-state index >= 15 is 0 Å². The van der Waals surface area contributed by atoms with E-state index in [0.717, 1.165) is 18.6 Å². The van der Waals surface area contributed by atoms with E-state index < -0.39 is 28.1 Å². The fourth-order valence-electron chi connectivity index (χ4n) is 1.99. The van der Waals surface area contributed by atoms with Gasteiger partial charge in [0.1, 0.15) is 5.41 Å². The average molecular weight is 303 g/mol. The van der Waals surface area contributed by atoms with Gasteiger partial charge in [-0.05, 0) is 37.5 Å². The largest absolute Gasteiger partial charge is 0.417 e. The van der Waals surface area contributed by atoms with Gasteiger partial charge in [0.25, 0.3) is 0 Å². The molecule has 3 nitrogen and oxygen atoms in total. The third-order valence-electron chi connectivity index (χ3n) is 3.39. The lowest BCUT2D eigenvalue weighted by Crippen LogP contribution is -2.40. The van der Waals surface area contributed by atoms with E-state index in [2.05, 4.69) is 5.32 Å². The minimum atomic E-state index is -4.60. The van der Waals surface area contributed by atoms with Gasteiger partial charge in [-0.3, -0.25) is 4.79 Å². The topological polar surface area (TPSA) is 52.9 Å². The molecule has 0 radical (unpaired) electrons. The summed E-state index contributed by atoms with van der Waals surface area (Å²) in [6.45, 7) is 0. The molecule has 0 spiro atoms. The second-order valence-corrected chi connectivity index (χ2v) is 5.10. The van der Waals surface area contributed by atoms with Crippen molar-refractivity contribution in [1.82, 2.24) is 0 Å². The Morgan fingerprint density at radius 2 is 2.05 bits per heavy atom. The van der Waals surface area contributed by atoms with Crippen molar-refractivity contribution in [2.24, 2.45) is 5.41 Å². The summed E-state index contributed by atoms with van der Waals surface area (Å²) < 4.78 is 38.1. The normalized spacial score (nSPS) is 16.9. The molecule has 1 aromatic carbocycles. The Labute approximate surface area is 118 Å². The van der Waals surface area contributed by atoms with E-state index in [1.54, 1.807) is 0 Å². The highest BCUT2D eigenvalue weighted by Gasteiger charge is 2.44. The van der Waals surface area contributed by atoms with Crippen molar-refractivity contribution >= 4 is 23.2 Å². The van der Waals surface area contributed by atoms with Gasteiger partial charge >= 0.3 is 6.18 Å². The Balaban J connectivity index is 2.23. The van der Waals surface area contributed by atoms with Crippen LogP contribution in [0.15, 0.2) is 18.2 Å². The molecule has 0 aliphatic heterocycles. The number of nitrogens with one attached hydrogen (secondary N) is 1. The zero-order valence-corrected chi connectivity index (χ0v) is 11.0. The highest BCUT2D eigenvalue weighted by Crippen LogP contribution is 2.42. The summed E-state index contributed by atoms with van der Waals surface area (Å²) in [6.07, 6.45) is -2.99. The van der Waals surface area contributed by atoms with Gasteiger partial charge in [0.15, 0.2) is 0 Å². The summed E-state index contributed by atoms with van der Waals surface area (Å²) >= 11 is 5.49. The molecular weight excluding hydrogens is 293 g/mol. The molecule has 0 heterocycles. The number of halogens is 4. The maximum atomic E-state index is 12.7. The Kier molecular flexibility index (Phi) is 3.65. The van der Waals surface area contributed by atoms with E-state index in [1.807, 2.05) is 6.07 Å². The predicted octanol–water partition coefficient (Wildman–Crippen LogP) is 3.99. The van der Waals surface area contributed by atoms with Crippen molar-refractivity contribution in [3.8, 4) is 6.07 Å². The lowest BCUT2D eigenvalue weighted by molar-refractivity contribution is -0.137. The van der Waals surface area contributed by atoms with Crippen LogP contribution in [0.2, 0.25) is 5.02 Å². The number of hydrogen-bond acceptors (Lipinski definition) is 2. The predicted molar refractivity (Wildman–Crippen MR) is 67.0 cm³/mol. The third kappa shape index (κ3) is 2.59. The van der Waals surface area contributed by atoms with Gasteiger partial charge in [-0.1, -0.05) is 11.6 Å². The zero-order chi connectivity index (χ0) is 15.0.